The Kier molecular flexibility index (Phi) is 5.42. The fraction of sp³-hybridized carbons (Fsp3) is 0.174. The van der Waals surface area contributed by atoms with E-state index >= 15 is 0 Å². The maximum atomic E-state index is 13.1. The second kappa shape index (κ2) is 8.16. The third-order valence-electron chi connectivity index (χ3n) is 5.24. The first-order chi connectivity index (χ1) is 14.5. The average molecular weight is 421 g/mol. The molecular weight excluding hydrogens is 400 g/mol. The molecular formula is C23H21ClN4O2. The Balaban J connectivity index is 1.63. The van der Waals surface area contributed by atoms with Gasteiger partial charge in [-0.1, -0.05) is 48.0 Å². The first-order valence-electron chi connectivity index (χ1n) is 9.60. The largest absolute Gasteiger partial charge is 0.350 e. The van der Waals surface area contributed by atoms with Crippen LogP contribution in [-0.4, -0.2) is 20.0 Å². The molecule has 0 aliphatic rings. The Bertz CT molecular complexity index is 1290. The molecule has 4 rings (SSSR count). The van der Waals surface area contributed by atoms with Crippen molar-refractivity contribution in [1.29, 1.82) is 0 Å². The van der Waals surface area contributed by atoms with Crippen molar-refractivity contribution in [2.75, 3.05) is 0 Å². The number of nitrogens with zero attached hydrogens (tertiary/aromatic N) is 3. The van der Waals surface area contributed by atoms with Crippen LogP contribution in [0.25, 0.3) is 16.7 Å². The van der Waals surface area contributed by atoms with Gasteiger partial charge in [-0.15, -0.1) is 0 Å². The second-order valence-electron chi connectivity index (χ2n) is 7.13. The van der Waals surface area contributed by atoms with Gasteiger partial charge in [0.25, 0.3) is 5.56 Å². The van der Waals surface area contributed by atoms with Gasteiger partial charge in [0, 0.05) is 22.9 Å². The third-order valence-corrected chi connectivity index (χ3v) is 5.61. The number of rotatable bonds is 5. The Morgan fingerprint density at radius 2 is 1.77 bits per heavy atom. The number of hydrogen-bond acceptors (Lipinski definition) is 3. The van der Waals surface area contributed by atoms with Crippen molar-refractivity contribution in [2.45, 2.75) is 26.9 Å². The van der Waals surface area contributed by atoms with E-state index in [-0.39, 0.29) is 18.0 Å². The van der Waals surface area contributed by atoms with Gasteiger partial charge in [-0.25, -0.2) is 4.98 Å². The van der Waals surface area contributed by atoms with Crippen LogP contribution < -0.4 is 10.9 Å². The van der Waals surface area contributed by atoms with Crippen LogP contribution in [0.1, 0.15) is 16.8 Å². The van der Waals surface area contributed by atoms with Gasteiger partial charge in [0.1, 0.15) is 12.9 Å². The first kappa shape index (κ1) is 19.9. The zero-order valence-electron chi connectivity index (χ0n) is 16.7. The Labute approximate surface area is 178 Å². The molecule has 0 fully saturated rings. The lowest BCUT2D eigenvalue weighted by molar-refractivity contribution is -0.121. The van der Waals surface area contributed by atoms with Crippen LogP contribution in [0.5, 0.6) is 0 Å². The number of fused-ring (bicyclic) bond motifs is 1. The molecule has 0 spiro atoms. The minimum absolute atomic E-state index is 0.110. The molecule has 30 heavy (non-hydrogen) atoms. The summed E-state index contributed by atoms with van der Waals surface area (Å²) in [5.74, 6) is -0.282. The SMILES string of the molecule is Cc1c(C)n(-c2ccccc2)c2ncn(CC(=O)NCc3ccccc3Cl)c(=O)c12. The van der Waals surface area contributed by atoms with E-state index in [4.69, 9.17) is 11.6 Å². The van der Waals surface area contributed by atoms with E-state index in [0.717, 1.165) is 22.5 Å². The molecule has 4 aromatic rings. The lowest BCUT2D eigenvalue weighted by Gasteiger charge is -2.09. The van der Waals surface area contributed by atoms with Crippen molar-refractivity contribution in [3.8, 4) is 5.69 Å². The van der Waals surface area contributed by atoms with Gasteiger partial charge in [0.15, 0.2) is 5.65 Å². The monoisotopic (exact) mass is 420 g/mol. The Morgan fingerprint density at radius 3 is 2.50 bits per heavy atom. The molecule has 0 atom stereocenters. The highest BCUT2D eigenvalue weighted by Gasteiger charge is 2.18. The molecule has 0 radical (unpaired) electrons. The number of benzene rings is 2. The van der Waals surface area contributed by atoms with Crippen LogP contribution in [0.2, 0.25) is 5.02 Å². The van der Waals surface area contributed by atoms with E-state index in [9.17, 15) is 9.59 Å². The third kappa shape index (κ3) is 3.62. The van der Waals surface area contributed by atoms with Crippen molar-refractivity contribution in [3.05, 3.63) is 93.1 Å². The van der Waals surface area contributed by atoms with E-state index in [1.807, 2.05) is 66.9 Å². The summed E-state index contributed by atoms with van der Waals surface area (Å²) < 4.78 is 3.31. The predicted molar refractivity (Wildman–Crippen MR) is 118 cm³/mol. The molecule has 152 valence electrons. The van der Waals surface area contributed by atoms with Gasteiger partial charge in [-0.3, -0.25) is 18.7 Å². The molecule has 2 heterocycles. The van der Waals surface area contributed by atoms with Gasteiger partial charge < -0.3 is 5.32 Å². The van der Waals surface area contributed by atoms with Crippen LogP contribution in [0.4, 0.5) is 0 Å². The summed E-state index contributed by atoms with van der Waals surface area (Å²) in [6.45, 7) is 4.05. The summed E-state index contributed by atoms with van der Waals surface area (Å²) in [7, 11) is 0. The maximum Gasteiger partial charge on any atom is 0.263 e. The molecule has 0 saturated carbocycles. The van der Waals surface area contributed by atoms with Gasteiger partial charge in [0.2, 0.25) is 5.91 Å². The quantitative estimate of drug-likeness (QED) is 0.534. The Hall–Kier alpha value is -3.38. The molecule has 0 aliphatic carbocycles. The number of amides is 1. The average Bonchev–Trinajstić information content (AvgIpc) is 3.01. The van der Waals surface area contributed by atoms with Crippen LogP contribution in [0.15, 0.2) is 65.7 Å². The van der Waals surface area contributed by atoms with Crippen LogP contribution in [0, 0.1) is 13.8 Å². The van der Waals surface area contributed by atoms with Crippen LogP contribution >= 0.6 is 11.6 Å². The number of carbonyl (C=O) groups excluding carboxylic acids is 1. The highest BCUT2D eigenvalue weighted by Crippen LogP contribution is 2.24. The molecule has 1 amide bonds. The van der Waals surface area contributed by atoms with Crippen molar-refractivity contribution < 1.29 is 4.79 Å². The van der Waals surface area contributed by atoms with Gasteiger partial charge in [0.05, 0.1) is 5.39 Å². The molecule has 0 unspecified atom stereocenters. The zero-order valence-corrected chi connectivity index (χ0v) is 17.5. The number of hydrogen-bond donors (Lipinski definition) is 1. The summed E-state index contributed by atoms with van der Waals surface area (Å²) in [5, 5.41) is 3.92. The number of para-hydroxylation sites is 1. The Morgan fingerprint density at radius 1 is 1.07 bits per heavy atom. The summed E-state index contributed by atoms with van der Waals surface area (Å²) in [6, 6.07) is 17.1. The minimum Gasteiger partial charge on any atom is -0.350 e. The minimum atomic E-state index is -0.282. The molecule has 1 N–H and O–H groups in total. The highest BCUT2D eigenvalue weighted by molar-refractivity contribution is 6.31. The standard InChI is InChI=1S/C23H21ClN4O2/c1-15-16(2)28(18-9-4-3-5-10-18)22-21(15)23(30)27(14-26-22)13-20(29)25-12-17-8-6-7-11-19(17)24/h3-11,14H,12-13H2,1-2H3,(H,25,29). The van der Waals surface area contributed by atoms with E-state index in [1.54, 1.807) is 6.07 Å². The molecule has 0 saturated heterocycles. The lowest BCUT2D eigenvalue weighted by Crippen LogP contribution is -2.32. The van der Waals surface area contributed by atoms with Gasteiger partial charge in [-0.05, 0) is 43.2 Å². The van der Waals surface area contributed by atoms with E-state index in [0.29, 0.717) is 22.6 Å². The van der Waals surface area contributed by atoms with Crippen molar-refractivity contribution in [1.82, 2.24) is 19.4 Å². The van der Waals surface area contributed by atoms with Crippen molar-refractivity contribution in [3.63, 3.8) is 0 Å². The second-order valence-corrected chi connectivity index (χ2v) is 7.53. The molecule has 6 nitrogen and oxygen atoms in total. The normalized spacial score (nSPS) is 11.0. The van der Waals surface area contributed by atoms with Crippen LogP contribution in [-0.2, 0) is 17.9 Å². The van der Waals surface area contributed by atoms with Crippen molar-refractivity contribution >= 4 is 28.5 Å². The molecule has 0 aliphatic heterocycles. The fourth-order valence-electron chi connectivity index (χ4n) is 3.54. The predicted octanol–water partition coefficient (Wildman–Crippen LogP) is 3.77. The number of aromatic nitrogens is 3. The topological polar surface area (TPSA) is 68.9 Å². The summed E-state index contributed by atoms with van der Waals surface area (Å²) >= 11 is 6.12. The number of aryl methyl sites for hydroxylation is 1. The molecule has 2 aromatic heterocycles. The maximum absolute atomic E-state index is 13.1. The zero-order chi connectivity index (χ0) is 21.3. The number of carbonyl (C=O) groups is 1. The molecule has 7 heteroatoms. The summed E-state index contributed by atoms with van der Waals surface area (Å²) in [5.41, 5.74) is 3.92. The van der Waals surface area contributed by atoms with Gasteiger partial charge >= 0.3 is 0 Å². The molecule has 2 aromatic carbocycles. The van der Waals surface area contributed by atoms with E-state index in [1.165, 1.54) is 10.9 Å². The van der Waals surface area contributed by atoms with Crippen LogP contribution in [0.3, 0.4) is 0 Å². The summed E-state index contributed by atoms with van der Waals surface area (Å²) in [4.78, 5) is 30.0. The smallest absolute Gasteiger partial charge is 0.263 e. The fourth-order valence-corrected chi connectivity index (χ4v) is 3.74. The number of nitrogens with one attached hydrogen (secondary N) is 1. The first-order valence-corrected chi connectivity index (χ1v) is 9.97. The summed E-state index contributed by atoms with van der Waals surface area (Å²) in [6.07, 6.45) is 1.43. The molecule has 0 bridgehead atoms. The van der Waals surface area contributed by atoms with Crippen molar-refractivity contribution in [2.24, 2.45) is 0 Å². The van der Waals surface area contributed by atoms with E-state index < -0.39 is 0 Å². The van der Waals surface area contributed by atoms with Gasteiger partial charge in [-0.2, -0.15) is 0 Å². The number of halogens is 1. The van der Waals surface area contributed by atoms with E-state index in [2.05, 4.69) is 10.3 Å². The lowest BCUT2D eigenvalue weighted by atomic mass is 10.2. The highest BCUT2D eigenvalue weighted by atomic mass is 35.5.